The fourth-order valence-electron chi connectivity index (χ4n) is 1.03. The number of carbonyl (C=O) groups is 1. The third-order valence-electron chi connectivity index (χ3n) is 1.53. The lowest BCUT2D eigenvalue weighted by molar-refractivity contribution is -0.0251. The quantitative estimate of drug-likeness (QED) is 0.553. The predicted octanol–water partition coefficient (Wildman–Crippen LogP) is 1.71. The van der Waals surface area contributed by atoms with Gasteiger partial charge in [-0.25, -0.2) is 4.79 Å². The molecule has 0 aromatic heterocycles. The second-order valence-corrected chi connectivity index (χ2v) is 2.42. The van der Waals surface area contributed by atoms with Crippen LogP contribution in [0.1, 0.15) is 26.2 Å². The lowest BCUT2D eigenvalue weighted by Gasteiger charge is -2.21. The second-order valence-electron chi connectivity index (χ2n) is 2.42. The van der Waals surface area contributed by atoms with Gasteiger partial charge in [0.25, 0.3) is 0 Å². The van der Waals surface area contributed by atoms with E-state index in [-0.39, 0.29) is 6.10 Å². The molecule has 0 spiro atoms. The van der Waals surface area contributed by atoms with E-state index in [9.17, 15) is 4.79 Å². The highest BCUT2D eigenvalue weighted by molar-refractivity contribution is 5.60. The van der Waals surface area contributed by atoms with Crippen molar-refractivity contribution < 1.29 is 14.3 Å². The van der Waals surface area contributed by atoms with Crippen molar-refractivity contribution in [2.75, 3.05) is 6.61 Å². The Hall–Kier alpha value is -0.730. The molecule has 0 aliphatic carbocycles. The van der Waals surface area contributed by atoms with Crippen LogP contribution in [0.15, 0.2) is 0 Å². The van der Waals surface area contributed by atoms with Crippen LogP contribution in [0, 0.1) is 0 Å². The zero-order valence-corrected chi connectivity index (χ0v) is 6.13. The molecule has 3 nitrogen and oxygen atoms in total. The molecule has 1 aliphatic rings. The van der Waals surface area contributed by atoms with Gasteiger partial charge in [0.2, 0.25) is 0 Å². The summed E-state index contributed by atoms with van der Waals surface area (Å²) >= 11 is 0. The Morgan fingerprint density at radius 2 is 2.50 bits per heavy atom. The molecule has 1 unspecified atom stereocenters. The Balaban J connectivity index is 2.25. The van der Waals surface area contributed by atoms with Crippen molar-refractivity contribution >= 4 is 6.16 Å². The third-order valence-corrected chi connectivity index (χ3v) is 1.53. The number of ether oxygens (including phenoxy) is 2. The van der Waals surface area contributed by atoms with Gasteiger partial charge in [-0.15, -0.1) is 0 Å². The van der Waals surface area contributed by atoms with E-state index >= 15 is 0 Å². The molecule has 0 amide bonds. The molecule has 0 bridgehead atoms. The maximum atomic E-state index is 10.5. The summed E-state index contributed by atoms with van der Waals surface area (Å²) in [6.45, 7) is 2.59. The molecule has 1 atom stereocenters. The highest BCUT2D eigenvalue weighted by Gasteiger charge is 2.19. The molecule has 3 heteroatoms. The number of rotatable bonds is 2. The van der Waals surface area contributed by atoms with Gasteiger partial charge < -0.3 is 9.47 Å². The molecule has 1 aliphatic heterocycles. The van der Waals surface area contributed by atoms with Gasteiger partial charge >= 0.3 is 6.16 Å². The summed E-state index contributed by atoms with van der Waals surface area (Å²) in [5.74, 6) is 0. The normalized spacial score (nSPS) is 25.3. The largest absolute Gasteiger partial charge is 0.508 e. The standard InChI is InChI=1S/C7H12O3/c1-2-3-6-4-5-9-7(8)10-6/h6H,2-5H2,1H3. The van der Waals surface area contributed by atoms with Crippen molar-refractivity contribution in [3.8, 4) is 0 Å². The van der Waals surface area contributed by atoms with Crippen molar-refractivity contribution in [2.45, 2.75) is 32.3 Å². The van der Waals surface area contributed by atoms with Crippen molar-refractivity contribution in [3.63, 3.8) is 0 Å². The van der Waals surface area contributed by atoms with E-state index in [2.05, 4.69) is 11.7 Å². The van der Waals surface area contributed by atoms with Crippen LogP contribution in [0.2, 0.25) is 0 Å². The Morgan fingerprint density at radius 1 is 1.70 bits per heavy atom. The molecular weight excluding hydrogens is 132 g/mol. The van der Waals surface area contributed by atoms with Crippen LogP contribution in [0.5, 0.6) is 0 Å². The molecule has 1 saturated heterocycles. The predicted molar refractivity (Wildman–Crippen MR) is 35.7 cm³/mol. The minimum Gasteiger partial charge on any atom is -0.434 e. The third kappa shape index (κ3) is 1.90. The minimum atomic E-state index is -0.510. The molecule has 1 fully saturated rings. The van der Waals surface area contributed by atoms with Crippen molar-refractivity contribution in [1.82, 2.24) is 0 Å². The highest BCUT2D eigenvalue weighted by atomic mass is 16.7. The van der Waals surface area contributed by atoms with Gasteiger partial charge in [-0.05, 0) is 6.42 Å². The van der Waals surface area contributed by atoms with E-state index in [4.69, 9.17) is 4.74 Å². The molecule has 0 radical (unpaired) electrons. The van der Waals surface area contributed by atoms with Gasteiger partial charge in [0.15, 0.2) is 0 Å². The number of cyclic esters (lactones) is 2. The van der Waals surface area contributed by atoms with Crippen LogP contribution >= 0.6 is 0 Å². The van der Waals surface area contributed by atoms with E-state index in [0.717, 1.165) is 19.3 Å². The van der Waals surface area contributed by atoms with Gasteiger partial charge in [0, 0.05) is 6.42 Å². The van der Waals surface area contributed by atoms with Crippen LogP contribution in [0.4, 0.5) is 4.79 Å². The average Bonchev–Trinajstić information content (AvgIpc) is 1.88. The summed E-state index contributed by atoms with van der Waals surface area (Å²) in [6.07, 6.45) is 2.45. The van der Waals surface area contributed by atoms with E-state index in [1.165, 1.54) is 0 Å². The van der Waals surface area contributed by atoms with Gasteiger partial charge in [0.1, 0.15) is 6.10 Å². The first-order valence-corrected chi connectivity index (χ1v) is 3.66. The van der Waals surface area contributed by atoms with E-state index < -0.39 is 6.16 Å². The fraction of sp³-hybridized carbons (Fsp3) is 0.857. The lowest BCUT2D eigenvalue weighted by atomic mass is 10.1. The lowest BCUT2D eigenvalue weighted by Crippen LogP contribution is -2.26. The first-order valence-electron chi connectivity index (χ1n) is 3.66. The summed E-state index contributed by atoms with van der Waals surface area (Å²) in [6, 6.07) is 0. The van der Waals surface area contributed by atoms with Crippen LogP contribution in [-0.4, -0.2) is 18.9 Å². The average molecular weight is 144 g/mol. The van der Waals surface area contributed by atoms with Gasteiger partial charge in [-0.1, -0.05) is 13.3 Å². The number of hydrogen-bond acceptors (Lipinski definition) is 3. The second kappa shape index (κ2) is 3.44. The van der Waals surface area contributed by atoms with Gasteiger partial charge in [0.05, 0.1) is 6.61 Å². The topological polar surface area (TPSA) is 35.5 Å². The Morgan fingerprint density at radius 3 is 3.10 bits per heavy atom. The molecule has 0 saturated carbocycles. The maximum absolute atomic E-state index is 10.5. The van der Waals surface area contributed by atoms with Crippen molar-refractivity contribution in [3.05, 3.63) is 0 Å². The molecular formula is C7H12O3. The molecule has 1 rings (SSSR count). The summed E-state index contributed by atoms with van der Waals surface area (Å²) in [7, 11) is 0. The fourth-order valence-corrected chi connectivity index (χ4v) is 1.03. The van der Waals surface area contributed by atoms with Crippen LogP contribution in [0.25, 0.3) is 0 Å². The Labute approximate surface area is 60.3 Å². The summed E-state index contributed by atoms with van der Waals surface area (Å²) in [5, 5.41) is 0. The Bertz CT molecular complexity index is 120. The van der Waals surface area contributed by atoms with Crippen molar-refractivity contribution in [2.24, 2.45) is 0 Å². The van der Waals surface area contributed by atoms with E-state index in [0.29, 0.717) is 6.61 Å². The number of hydrogen-bond donors (Lipinski definition) is 0. The summed E-state index contributed by atoms with van der Waals surface area (Å²) in [5.41, 5.74) is 0. The molecule has 10 heavy (non-hydrogen) atoms. The van der Waals surface area contributed by atoms with Crippen LogP contribution in [0.3, 0.4) is 0 Å². The Kier molecular flexibility index (Phi) is 2.54. The smallest absolute Gasteiger partial charge is 0.434 e. The summed E-state index contributed by atoms with van der Waals surface area (Å²) < 4.78 is 9.46. The first-order chi connectivity index (χ1) is 4.83. The van der Waals surface area contributed by atoms with E-state index in [1.54, 1.807) is 0 Å². The molecule has 58 valence electrons. The molecule has 0 aromatic carbocycles. The van der Waals surface area contributed by atoms with Crippen molar-refractivity contribution in [1.29, 1.82) is 0 Å². The van der Waals surface area contributed by atoms with Gasteiger partial charge in [-0.3, -0.25) is 0 Å². The number of carbonyl (C=O) groups excluding carboxylic acids is 1. The maximum Gasteiger partial charge on any atom is 0.508 e. The monoisotopic (exact) mass is 144 g/mol. The SMILES string of the molecule is CCCC1CCOC(=O)O1. The molecule has 0 aromatic rings. The van der Waals surface area contributed by atoms with Crippen LogP contribution in [-0.2, 0) is 9.47 Å². The van der Waals surface area contributed by atoms with Gasteiger partial charge in [-0.2, -0.15) is 0 Å². The first kappa shape index (κ1) is 7.38. The molecule has 0 N–H and O–H groups in total. The van der Waals surface area contributed by atoms with E-state index in [1.807, 2.05) is 0 Å². The zero-order valence-electron chi connectivity index (χ0n) is 6.13. The highest BCUT2D eigenvalue weighted by Crippen LogP contribution is 2.12. The zero-order chi connectivity index (χ0) is 7.40. The minimum absolute atomic E-state index is 0.103. The van der Waals surface area contributed by atoms with Crippen LogP contribution < -0.4 is 0 Å². The molecule has 1 heterocycles. The summed E-state index contributed by atoms with van der Waals surface area (Å²) in [4.78, 5) is 10.5.